The van der Waals surface area contributed by atoms with Crippen LogP contribution in [0.2, 0.25) is 25.7 Å². The summed E-state index contributed by atoms with van der Waals surface area (Å²) in [6, 6.07) is 0.430. The molecular weight excluding hydrogens is 340 g/mol. The van der Waals surface area contributed by atoms with Crippen molar-refractivity contribution in [3.8, 4) is 0 Å². The summed E-state index contributed by atoms with van der Waals surface area (Å²) >= 11 is 0. The lowest BCUT2D eigenvalue weighted by Crippen LogP contribution is -2.62. The Kier molecular flexibility index (Phi) is 6.92. The Labute approximate surface area is 152 Å². The van der Waals surface area contributed by atoms with Gasteiger partial charge in [-0.15, -0.1) is 0 Å². The molecule has 7 nitrogen and oxygen atoms in total. The minimum absolute atomic E-state index is 0.110. The molecule has 25 heavy (non-hydrogen) atoms. The van der Waals surface area contributed by atoms with Crippen LogP contribution in [0.5, 0.6) is 0 Å². The molecule has 0 spiro atoms. The summed E-state index contributed by atoms with van der Waals surface area (Å²) < 4.78 is 10.6. The van der Waals surface area contributed by atoms with Gasteiger partial charge in [-0.2, -0.15) is 0 Å². The van der Waals surface area contributed by atoms with Crippen LogP contribution < -0.4 is 5.32 Å². The smallest absolute Gasteiger partial charge is 0.409 e. The van der Waals surface area contributed by atoms with Crippen LogP contribution in [0, 0.1) is 0 Å². The second-order valence-electron chi connectivity index (χ2n) is 9.19. The summed E-state index contributed by atoms with van der Waals surface area (Å²) in [6.45, 7) is 14.6. The lowest BCUT2D eigenvalue weighted by Gasteiger charge is -2.42. The third-order valence-electron chi connectivity index (χ3n) is 3.98. The number of hydrogen-bond donors (Lipinski definition) is 2. The Bertz CT molecular complexity index is 482. The second kappa shape index (κ2) is 7.95. The SMILES string of the molecule is CC(C)(C)OC(=O)N[C@@H]1CCN(C(=O)OCC[Si](C)(C)C)C[C@@]1(C)O. The molecule has 1 heterocycles. The van der Waals surface area contributed by atoms with E-state index in [0.29, 0.717) is 19.6 Å². The van der Waals surface area contributed by atoms with E-state index in [1.807, 2.05) is 0 Å². The van der Waals surface area contributed by atoms with Crippen molar-refractivity contribution < 1.29 is 24.2 Å². The highest BCUT2D eigenvalue weighted by molar-refractivity contribution is 6.76. The third kappa shape index (κ3) is 8.09. The van der Waals surface area contributed by atoms with E-state index in [4.69, 9.17) is 9.47 Å². The number of alkyl carbamates (subject to hydrolysis) is 1. The number of amides is 2. The molecular formula is C17H34N2O5Si. The second-order valence-corrected chi connectivity index (χ2v) is 14.8. The van der Waals surface area contributed by atoms with Crippen LogP contribution >= 0.6 is 0 Å². The molecule has 2 amide bonds. The van der Waals surface area contributed by atoms with E-state index < -0.39 is 37.5 Å². The van der Waals surface area contributed by atoms with E-state index in [9.17, 15) is 14.7 Å². The zero-order valence-corrected chi connectivity index (χ0v) is 17.6. The third-order valence-corrected chi connectivity index (χ3v) is 5.68. The maximum atomic E-state index is 12.2. The normalized spacial score (nSPS) is 24.6. The number of likely N-dealkylation sites (tertiary alicyclic amines) is 1. The number of carbonyl (C=O) groups is 2. The zero-order valence-electron chi connectivity index (χ0n) is 16.6. The van der Waals surface area contributed by atoms with Gasteiger partial charge in [-0.3, -0.25) is 0 Å². The van der Waals surface area contributed by atoms with Gasteiger partial charge >= 0.3 is 12.2 Å². The molecule has 0 aliphatic carbocycles. The van der Waals surface area contributed by atoms with E-state index in [2.05, 4.69) is 25.0 Å². The molecule has 1 saturated heterocycles. The highest BCUT2D eigenvalue weighted by Gasteiger charge is 2.41. The average Bonchev–Trinajstić information content (AvgIpc) is 2.37. The number of carbonyl (C=O) groups excluding carboxylic acids is 2. The first-order valence-electron chi connectivity index (χ1n) is 8.83. The molecule has 146 valence electrons. The maximum absolute atomic E-state index is 12.2. The summed E-state index contributed by atoms with van der Waals surface area (Å²) in [4.78, 5) is 25.6. The Morgan fingerprint density at radius 1 is 1.32 bits per heavy atom. The minimum atomic E-state index is -1.26. The lowest BCUT2D eigenvalue weighted by atomic mass is 9.89. The predicted octanol–water partition coefficient (Wildman–Crippen LogP) is 2.81. The predicted molar refractivity (Wildman–Crippen MR) is 99.5 cm³/mol. The monoisotopic (exact) mass is 374 g/mol. The van der Waals surface area contributed by atoms with Gasteiger partial charge in [0.25, 0.3) is 0 Å². The van der Waals surface area contributed by atoms with Crippen LogP contribution in [0.4, 0.5) is 9.59 Å². The molecule has 2 atom stereocenters. The van der Waals surface area contributed by atoms with Crippen molar-refractivity contribution in [2.24, 2.45) is 0 Å². The van der Waals surface area contributed by atoms with Gasteiger partial charge in [0.2, 0.25) is 0 Å². The fourth-order valence-corrected chi connectivity index (χ4v) is 3.26. The van der Waals surface area contributed by atoms with Gasteiger partial charge in [-0.1, -0.05) is 19.6 Å². The number of rotatable bonds is 4. The van der Waals surface area contributed by atoms with Crippen molar-refractivity contribution in [1.82, 2.24) is 10.2 Å². The summed E-state index contributed by atoms with van der Waals surface area (Å²) in [7, 11) is -1.26. The Morgan fingerprint density at radius 3 is 2.40 bits per heavy atom. The van der Waals surface area contributed by atoms with Crippen LogP contribution in [0.1, 0.15) is 34.1 Å². The van der Waals surface area contributed by atoms with Gasteiger partial charge in [0.15, 0.2) is 0 Å². The van der Waals surface area contributed by atoms with Crippen molar-refractivity contribution >= 4 is 20.3 Å². The van der Waals surface area contributed by atoms with Crippen LogP contribution in [0.25, 0.3) is 0 Å². The molecule has 1 rings (SSSR count). The minimum Gasteiger partial charge on any atom is -0.450 e. The number of nitrogens with zero attached hydrogens (tertiary/aromatic N) is 1. The molecule has 0 bridgehead atoms. The molecule has 2 N–H and O–H groups in total. The highest BCUT2D eigenvalue weighted by Crippen LogP contribution is 2.23. The van der Waals surface area contributed by atoms with Gasteiger partial charge in [0, 0.05) is 14.6 Å². The van der Waals surface area contributed by atoms with Crippen molar-refractivity contribution in [2.75, 3.05) is 19.7 Å². The van der Waals surface area contributed by atoms with E-state index in [1.165, 1.54) is 4.90 Å². The van der Waals surface area contributed by atoms with Gasteiger partial charge in [-0.25, -0.2) is 9.59 Å². The fourth-order valence-electron chi connectivity index (χ4n) is 2.54. The molecule has 0 unspecified atom stereocenters. The molecule has 0 aromatic carbocycles. The van der Waals surface area contributed by atoms with E-state index in [1.54, 1.807) is 27.7 Å². The van der Waals surface area contributed by atoms with Gasteiger partial charge in [0.1, 0.15) is 5.60 Å². The first kappa shape index (κ1) is 21.8. The summed E-state index contributed by atoms with van der Waals surface area (Å²) in [5.41, 5.74) is -1.84. The summed E-state index contributed by atoms with van der Waals surface area (Å²) in [6.07, 6.45) is -0.534. The first-order chi connectivity index (χ1) is 11.2. The van der Waals surface area contributed by atoms with Crippen molar-refractivity contribution in [3.05, 3.63) is 0 Å². The average molecular weight is 375 g/mol. The molecule has 0 radical (unpaired) electrons. The Morgan fingerprint density at radius 2 is 1.92 bits per heavy atom. The maximum Gasteiger partial charge on any atom is 0.409 e. The van der Waals surface area contributed by atoms with Crippen LogP contribution in [-0.2, 0) is 9.47 Å². The Hall–Kier alpha value is -1.28. The Balaban J connectivity index is 2.52. The number of ether oxygens (including phenoxy) is 2. The van der Waals surface area contributed by atoms with Gasteiger partial charge in [0.05, 0.1) is 24.8 Å². The van der Waals surface area contributed by atoms with Crippen molar-refractivity contribution in [1.29, 1.82) is 0 Å². The van der Waals surface area contributed by atoms with E-state index >= 15 is 0 Å². The molecule has 0 aromatic heterocycles. The fraction of sp³-hybridized carbons (Fsp3) is 0.882. The van der Waals surface area contributed by atoms with Gasteiger partial charge < -0.3 is 24.8 Å². The summed E-state index contributed by atoms with van der Waals surface area (Å²) in [5, 5.41) is 13.3. The number of β-amino-alcohol motifs (C(OH)–C–C–N with tert-alkyl or cyclic N) is 1. The van der Waals surface area contributed by atoms with Crippen LogP contribution in [0.15, 0.2) is 0 Å². The number of hydrogen-bond acceptors (Lipinski definition) is 5. The molecule has 0 saturated carbocycles. The van der Waals surface area contributed by atoms with E-state index in [-0.39, 0.29) is 6.54 Å². The van der Waals surface area contributed by atoms with Crippen LogP contribution in [0.3, 0.4) is 0 Å². The number of nitrogens with one attached hydrogen (secondary N) is 1. The number of piperidine rings is 1. The molecule has 8 heteroatoms. The lowest BCUT2D eigenvalue weighted by molar-refractivity contribution is -0.0432. The quantitative estimate of drug-likeness (QED) is 0.739. The largest absolute Gasteiger partial charge is 0.450 e. The van der Waals surface area contributed by atoms with Crippen LogP contribution in [-0.4, -0.2) is 67.2 Å². The summed E-state index contributed by atoms with van der Waals surface area (Å²) in [5.74, 6) is 0. The number of aliphatic hydroxyl groups is 1. The van der Waals surface area contributed by atoms with Crippen molar-refractivity contribution in [3.63, 3.8) is 0 Å². The zero-order chi connectivity index (χ0) is 19.5. The highest BCUT2D eigenvalue weighted by atomic mass is 28.3. The van der Waals surface area contributed by atoms with E-state index in [0.717, 1.165) is 6.04 Å². The molecule has 1 aliphatic heterocycles. The topological polar surface area (TPSA) is 88.1 Å². The van der Waals surface area contributed by atoms with Crippen molar-refractivity contribution in [2.45, 2.75) is 77.0 Å². The molecule has 1 fully saturated rings. The molecule has 0 aromatic rings. The first-order valence-corrected chi connectivity index (χ1v) is 12.5. The molecule has 1 aliphatic rings. The van der Waals surface area contributed by atoms with Gasteiger partial charge in [-0.05, 0) is 40.2 Å². The standard InChI is InChI=1S/C17H34N2O5Si/c1-16(2,3)24-14(20)18-13-8-9-19(12-17(13,4)22)15(21)23-10-11-25(5,6)7/h13,22H,8-12H2,1-7H3,(H,18,20)/t13-,17-/m1/s1.